The van der Waals surface area contributed by atoms with Gasteiger partial charge in [-0.3, -0.25) is 10.1 Å². The van der Waals surface area contributed by atoms with E-state index in [0.29, 0.717) is 33.7 Å². The number of aryl methyl sites for hydroxylation is 2. The molecule has 0 amide bonds. The largest absolute Gasteiger partial charge is 0.340 e. The molecule has 3 aromatic heterocycles. The van der Waals surface area contributed by atoms with Gasteiger partial charge in [0.15, 0.2) is 11.6 Å². The maximum atomic E-state index is 15.0. The highest BCUT2D eigenvalue weighted by atomic mass is 19.1. The second-order valence-corrected chi connectivity index (χ2v) is 8.03. The highest BCUT2D eigenvalue weighted by Crippen LogP contribution is 2.34. The van der Waals surface area contributed by atoms with Crippen LogP contribution in [0.1, 0.15) is 22.5 Å². The first-order chi connectivity index (χ1) is 16.5. The maximum Gasteiger partial charge on any atom is 0.156 e. The van der Waals surface area contributed by atoms with Crippen molar-refractivity contribution in [1.82, 2.24) is 25.1 Å². The smallest absolute Gasteiger partial charge is 0.156 e. The number of nitrogens with one attached hydrogen (secondary N) is 2. The molecule has 2 N–H and O–H groups in total. The molecule has 0 aliphatic rings. The molecule has 168 valence electrons. The van der Waals surface area contributed by atoms with Gasteiger partial charge in [0.05, 0.1) is 5.69 Å². The first-order valence-electron chi connectivity index (χ1n) is 10.7. The molecule has 0 radical (unpaired) electrons. The topological polar surface area (TPSA) is 70.2 Å². The Morgan fingerprint density at radius 2 is 1.94 bits per heavy atom. The monoisotopic (exact) mass is 453 g/mol. The molecule has 3 heterocycles. The molecule has 0 aliphatic heterocycles. The molecule has 0 saturated carbocycles. The van der Waals surface area contributed by atoms with Crippen LogP contribution in [0.15, 0.2) is 73.6 Å². The number of pyridine rings is 1. The lowest BCUT2D eigenvalue weighted by Crippen LogP contribution is -1.92. The van der Waals surface area contributed by atoms with Crippen LogP contribution in [-0.2, 0) is 0 Å². The zero-order valence-electron chi connectivity index (χ0n) is 18.7. The van der Waals surface area contributed by atoms with E-state index in [-0.39, 0.29) is 11.3 Å². The Morgan fingerprint density at radius 3 is 2.71 bits per heavy atom. The molecule has 0 unspecified atom stereocenters. The first-order valence-corrected chi connectivity index (χ1v) is 10.7. The number of aromatic amines is 2. The van der Waals surface area contributed by atoms with Gasteiger partial charge in [-0.05, 0) is 60.9 Å². The number of allylic oxidation sites excluding steroid dienone is 2. The summed E-state index contributed by atoms with van der Waals surface area (Å²) in [7, 11) is 0. The quantitative estimate of drug-likeness (QED) is 0.297. The van der Waals surface area contributed by atoms with Crippen molar-refractivity contribution in [3.63, 3.8) is 0 Å². The van der Waals surface area contributed by atoms with E-state index in [1.54, 1.807) is 30.6 Å². The number of hydrogen-bond acceptors (Lipinski definition) is 3. The average molecular weight is 453 g/mol. The van der Waals surface area contributed by atoms with Crippen LogP contribution in [0.3, 0.4) is 0 Å². The van der Waals surface area contributed by atoms with Crippen molar-refractivity contribution in [2.45, 2.75) is 13.8 Å². The number of H-pyrrole nitrogens is 2. The third-order valence-corrected chi connectivity index (χ3v) is 5.76. The van der Waals surface area contributed by atoms with Crippen LogP contribution in [0.25, 0.3) is 39.1 Å². The molecule has 5 aromatic rings. The fraction of sp³-hybridized carbons (Fsp3) is 0.0741. The van der Waals surface area contributed by atoms with Crippen molar-refractivity contribution in [3.8, 4) is 22.6 Å². The van der Waals surface area contributed by atoms with Crippen LogP contribution in [0.5, 0.6) is 0 Å². The lowest BCUT2D eigenvalue weighted by molar-refractivity contribution is 0.627. The Bertz CT molecular complexity index is 1580. The Hall–Kier alpha value is -4.39. The molecule has 0 fully saturated rings. The summed E-state index contributed by atoms with van der Waals surface area (Å²) in [5.41, 5.74) is 6.13. The maximum absolute atomic E-state index is 15.0. The van der Waals surface area contributed by atoms with Gasteiger partial charge in [-0.15, -0.1) is 0 Å². The Kier molecular flexibility index (Phi) is 5.37. The van der Waals surface area contributed by atoms with E-state index >= 15 is 0 Å². The molecule has 0 aliphatic carbocycles. The van der Waals surface area contributed by atoms with Gasteiger partial charge < -0.3 is 4.98 Å². The van der Waals surface area contributed by atoms with E-state index < -0.39 is 5.82 Å². The summed E-state index contributed by atoms with van der Waals surface area (Å²) in [5.74, 6) is -0.274. The molecule has 7 heteroatoms. The van der Waals surface area contributed by atoms with Crippen molar-refractivity contribution in [1.29, 1.82) is 0 Å². The zero-order valence-corrected chi connectivity index (χ0v) is 18.7. The summed E-state index contributed by atoms with van der Waals surface area (Å²) in [6.07, 6.45) is 6.85. The SMILES string of the molecule is C=C/C=C(/c1cccc(F)c1)c1nc(-c2[nH]nc3c(F)cc(-c4cnccc4C)cc23)[nH]c1C. The second kappa shape index (κ2) is 8.51. The zero-order chi connectivity index (χ0) is 23.8. The number of imidazole rings is 1. The van der Waals surface area contributed by atoms with Crippen LogP contribution in [-0.4, -0.2) is 25.1 Å². The summed E-state index contributed by atoms with van der Waals surface area (Å²) >= 11 is 0. The molecule has 0 saturated heterocycles. The summed E-state index contributed by atoms with van der Waals surface area (Å²) in [6.45, 7) is 7.62. The average Bonchev–Trinajstić information content (AvgIpc) is 3.41. The Morgan fingerprint density at radius 1 is 1.09 bits per heavy atom. The molecule has 5 rings (SSSR count). The highest BCUT2D eigenvalue weighted by Gasteiger charge is 2.20. The number of fused-ring (bicyclic) bond motifs is 1. The number of aromatic nitrogens is 5. The fourth-order valence-electron chi connectivity index (χ4n) is 4.10. The van der Waals surface area contributed by atoms with Crippen molar-refractivity contribution in [2.24, 2.45) is 0 Å². The van der Waals surface area contributed by atoms with Crippen molar-refractivity contribution >= 4 is 16.5 Å². The lowest BCUT2D eigenvalue weighted by Gasteiger charge is -2.06. The summed E-state index contributed by atoms with van der Waals surface area (Å²) < 4.78 is 28.9. The van der Waals surface area contributed by atoms with E-state index in [2.05, 4.69) is 26.7 Å². The van der Waals surface area contributed by atoms with E-state index in [1.165, 1.54) is 18.2 Å². The van der Waals surface area contributed by atoms with Gasteiger partial charge in [-0.1, -0.05) is 30.9 Å². The van der Waals surface area contributed by atoms with Crippen LogP contribution in [0.2, 0.25) is 0 Å². The Labute approximate surface area is 194 Å². The summed E-state index contributed by atoms with van der Waals surface area (Å²) in [4.78, 5) is 12.2. The number of rotatable bonds is 5. The van der Waals surface area contributed by atoms with E-state index in [1.807, 2.05) is 32.0 Å². The van der Waals surface area contributed by atoms with Gasteiger partial charge in [0, 0.05) is 34.6 Å². The molecule has 0 spiro atoms. The lowest BCUT2D eigenvalue weighted by atomic mass is 10.0. The molecular formula is C27H21F2N5. The molecular weight excluding hydrogens is 432 g/mol. The number of benzene rings is 2. The molecule has 0 bridgehead atoms. The second-order valence-electron chi connectivity index (χ2n) is 8.03. The molecule has 2 aromatic carbocycles. The minimum absolute atomic E-state index is 0.225. The van der Waals surface area contributed by atoms with Gasteiger partial charge >= 0.3 is 0 Å². The minimum atomic E-state index is -0.436. The van der Waals surface area contributed by atoms with Crippen LogP contribution < -0.4 is 0 Å². The summed E-state index contributed by atoms with van der Waals surface area (Å²) in [5, 5.41) is 7.71. The number of hydrogen-bond donors (Lipinski definition) is 2. The normalized spacial score (nSPS) is 11.8. The van der Waals surface area contributed by atoms with Crippen LogP contribution in [0.4, 0.5) is 8.78 Å². The molecule has 0 atom stereocenters. The predicted molar refractivity (Wildman–Crippen MR) is 130 cm³/mol. The van der Waals surface area contributed by atoms with Gasteiger partial charge in [0.1, 0.15) is 17.0 Å². The van der Waals surface area contributed by atoms with Gasteiger partial charge in [0.25, 0.3) is 0 Å². The van der Waals surface area contributed by atoms with Crippen LogP contribution >= 0.6 is 0 Å². The van der Waals surface area contributed by atoms with Gasteiger partial charge in [-0.2, -0.15) is 5.10 Å². The third-order valence-electron chi connectivity index (χ3n) is 5.76. The third kappa shape index (κ3) is 3.71. The minimum Gasteiger partial charge on any atom is -0.340 e. The number of halogens is 2. The Balaban J connectivity index is 1.66. The fourth-order valence-corrected chi connectivity index (χ4v) is 4.10. The first kappa shape index (κ1) is 21.5. The van der Waals surface area contributed by atoms with E-state index in [0.717, 1.165) is 22.4 Å². The van der Waals surface area contributed by atoms with Crippen molar-refractivity contribution < 1.29 is 8.78 Å². The van der Waals surface area contributed by atoms with E-state index in [9.17, 15) is 8.78 Å². The van der Waals surface area contributed by atoms with Gasteiger partial charge in [-0.25, -0.2) is 13.8 Å². The predicted octanol–water partition coefficient (Wildman–Crippen LogP) is 6.53. The van der Waals surface area contributed by atoms with Crippen molar-refractivity contribution in [3.05, 3.63) is 108 Å². The van der Waals surface area contributed by atoms with Crippen molar-refractivity contribution in [2.75, 3.05) is 0 Å². The number of nitrogens with zero attached hydrogens (tertiary/aromatic N) is 3. The molecule has 5 nitrogen and oxygen atoms in total. The van der Waals surface area contributed by atoms with Gasteiger partial charge in [0.2, 0.25) is 0 Å². The highest BCUT2D eigenvalue weighted by molar-refractivity contribution is 5.95. The molecule has 34 heavy (non-hydrogen) atoms. The van der Waals surface area contributed by atoms with Crippen LogP contribution in [0, 0.1) is 25.5 Å². The van der Waals surface area contributed by atoms with E-state index in [4.69, 9.17) is 4.98 Å². The summed E-state index contributed by atoms with van der Waals surface area (Å²) in [6, 6.07) is 11.5. The standard InChI is InChI=1S/C27H21F2N5/c1-4-6-20(17-7-5-8-19(28)11-17)24-16(3)31-27(32-24)26-21-12-18(13-23(29)25(21)33-34-26)22-14-30-10-9-15(22)2/h4-14H,1H2,2-3H3,(H,31,32)(H,33,34)/b20-6-.